The van der Waals surface area contributed by atoms with Gasteiger partial charge in [0, 0.05) is 25.2 Å². The van der Waals surface area contributed by atoms with Crippen molar-refractivity contribution in [3.05, 3.63) is 47.8 Å². The van der Waals surface area contributed by atoms with Gasteiger partial charge in [-0.2, -0.15) is 0 Å². The van der Waals surface area contributed by atoms with E-state index in [1.807, 2.05) is 24.4 Å². The summed E-state index contributed by atoms with van der Waals surface area (Å²) in [5.74, 6) is 0.635. The minimum absolute atomic E-state index is 0.0787. The van der Waals surface area contributed by atoms with Gasteiger partial charge in [0.05, 0.1) is 44.6 Å². The van der Waals surface area contributed by atoms with E-state index in [0.717, 1.165) is 35.2 Å². The maximum absolute atomic E-state index is 11.8. The van der Waals surface area contributed by atoms with E-state index in [4.69, 9.17) is 10.7 Å². The Kier molecular flexibility index (Phi) is 5.14. The second kappa shape index (κ2) is 7.36. The van der Waals surface area contributed by atoms with Gasteiger partial charge >= 0.3 is 0 Å². The summed E-state index contributed by atoms with van der Waals surface area (Å²) in [6.07, 6.45) is 6.06. The van der Waals surface area contributed by atoms with Crippen LogP contribution in [0.15, 0.2) is 52.8 Å². The number of carbonyl (C=O) groups is 1. The van der Waals surface area contributed by atoms with E-state index in [2.05, 4.69) is 31.6 Å². The van der Waals surface area contributed by atoms with E-state index in [-0.39, 0.29) is 5.78 Å². The topological polar surface area (TPSA) is 84.8 Å². The molecule has 0 aromatic carbocycles. The second-order valence-corrected chi connectivity index (χ2v) is 7.81. The van der Waals surface area contributed by atoms with Gasteiger partial charge in [-0.3, -0.25) is 4.79 Å². The number of carbonyl (C=O) groups excluding carboxylic acids is 1. The number of fused-ring (bicyclic) bond motifs is 1. The average molecular weight is 367 g/mol. The van der Waals surface area contributed by atoms with E-state index in [1.54, 1.807) is 17.5 Å². The highest BCUT2D eigenvalue weighted by Gasteiger charge is 2.17. The minimum Gasteiger partial charge on any atom is -0.397 e. The van der Waals surface area contributed by atoms with Crippen molar-refractivity contribution in [3.8, 4) is 0 Å². The molecule has 0 aliphatic heterocycles. The van der Waals surface area contributed by atoms with Crippen LogP contribution >= 0.6 is 0 Å². The first-order valence-corrected chi connectivity index (χ1v) is 9.05. The molecule has 2 heterocycles. The number of allylic oxidation sites excluding steroid dienone is 3. The summed E-state index contributed by atoms with van der Waals surface area (Å²) in [5.41, 5.74) is 9.22. The van der Waals surface area contributed by atoms with Crippen molar-refractivity contribution in [2.45, 2.75) is 13.3 Å². The van der Waals surface area contributed by atoms with Crippen molar-refractivity contribution >= 4 is 28.5 Å². The van der Waals surface area contributed by atoms with Gasteiger partial charge in [0.15, 0.2) is 11.6 Å². The largest absolute Gasteiger partial charge is 0.397 e. The predicted octanol–water partition coefficient (Wildman–Crippen LogP) is 2.29. The molecule has 0 spiro atoms. The maximum Gasteiger partial charge on any atom is 0.183 e. The Hall–Kier alpha value is -2.93. The molecule has 1 aliphatic rings. The lowest BCUT2D eigenvalue weighted by Gasteiger charge is -2.23. The molecular weight excluding hydrogens is 340 g/mol. The number of quaternary nitrogens is 1. The normalized spacial score (nSPS) is 16.6. The van der Waals surface area contributed by atoms with Crippen LogP contribution in [0.3, 0.4) is 0 Å². The zero-order valence-electron chi connectivity index (χ0n) is 16.4. The highest BCUT2D eigenvalue weighted by atomic mass is 16.1. The average Bonchev–Trinajstić information content (AvgIpc) is 2.93. The molecule has 0 fully saturated rings. The lowest BCUT2D eigenvalue weighted by molar-refractivity contribution is -0.870. The van der Waals surface area contributed by atoms with Crippen molar-refractivity contribution in [2.75, 3.05) is 39.5 Å². The van der Waals surface area contributed by atoms with Gasteiger partial charge in [-0.15, -0.1) is 5.10 Å². The highest BCUT2D eigenvalue weighted by Crippen LogP contribution is 2.31. The first-order chi connectivity index (χ1) is 12.7. The van der Waals surface area contributed by atoms with Gasteiger partial charge in [0.1, 0.15) is 5.69 Å². The quantitative estimate of drug-likeness (QED) is 0.466. The van der Waals surface area contributed by atoms with Gasteiger partial charge < -0.3 is 15.5 Å². The molecule has 7 heteroatoms. The lowest BCUT2D eigenvalue weighted by Crippen LogP contribution is -2.36. The molecule has 7 nitrogen and oxygen atoms in total. The Bertz CT molecular complexity index is 958. The number of ketones is 1. The highest BCUT2D eigenvalue weighted by molar-refractivity contribution is 6.22. The fourth-order valence-corrected chi connectivity index (χ4v) is 2.88. The van der Waals surface area contributed by atoms with Gasteiger partial charge in [0.2, 0.25) is 0 Å². The van der Waals surface area contributed by atoms with E-state index in [1.165, 1.54) is 6.08 Å². The number of aliphatic imine (C=N–C) groups is 1. The van der Waals surface area contributed by atoms with E-state index >= 15 is 0 Å². The van der Waals surface area contributed by atoms with Crippen LogP contribution in [0.5, 0.6) is 0 Å². The Labute approximate surface area is 159 Å². The first kappa shape index (κ1) is 18.8. The fourth-order valence-electron chi connectivity index (χ4n) is 2.88. The SMILES string of the molecule is CC1=C/C(=N\c2c(NCCC[N+](C)(C)C)nn3ccccc23)C(N)=CC1=O. The van der Waals surface area contributed by atoms with Gasteiger partial charge in [0.25, 0.3) is 0 Å². The number of nitrogens with two attached hydrogens (primary N) is 1. The van der Waals surface area contributed by atoms with Crippen LogP contribution in [0.1, 0.15) is 13.3 Å². The van der Waals surface area contributed by atoms with Crippen LogP contribution in [0.4, 0.5) is 11.5 Å². The van der Waals surface area contributed by atoms with E-state index < -0.39 is 0 Å². The van der Waals surface area contributed by atoms with Crippen LogP contribution in [-0.4, -0.2) is 59.8 Å². The fraction of sp³-hybridized carbons (Fsp3) is 0.350. The molecule has 3 rings (SSSR count). The molecule has 0 atom stereocenters. The third kappa shape index (κ3) is 4.43. The Morgan fingerprint density at radius 3 is 2.78 bits per heavy atom. The molecule has 2 aromatic heterocycles. The summed E-state index contributed by atoms with van der Waals surface area (Å²) in [5, 5.41) is 8.02. The van der Waals surface area contributed by atoms with Crippen molar-refractivity contribution in [1.82, 2.24) is 9.61 Å². The number of aromatic nitrogens is 2. The molecular formula is C20H27N6O+. The van der Waals surface area contributed by atoms with Crippen molar-refractivity contribution < 1.29 is 9.28 Å². The first-order valence-electron chi connectivity index (χ1n) is 9.05. The molecule has 0 saturated carbocycles. The number of nitrogens with zero attached hydrogens (tertiary/aromatic N) is 4. The summed E-state index contributed by atoms with van der Waals surface area (Å²) < 4.78 is 2.72. The van der Waals surface area contributed by atoms with Crippen LogP contribution < -0.4 is 11.1 Å². The van der Waals surface area contributed by atoms with Crippen molar-refractivity contribution in [2.24, 2.45) is 10.7 Å². The van der Waals surface area contributed by atoms with Gasteiger partial charge in [-0.1, -0.05) is 6.07 Å². The zero-order chi connectivity index (χ0) is 19.6. The molecule has 0 amide bonds. The molecule has 0 radical (unpaired) electrons. The molecule has 2 aromatic rings. The zero-order valence-corrected chi connectivity index (χ0v) is 16.4. The Morgan fingerprint density at radius 2 is 2.04 bits per heavy atom. The summed E-state index contributed by atoms with van der Waals surface area (Å²) in [4.78, 5) is 16.5. The molecule has 1 aliphatic carbocycles. The number of rotatable bonds is 6. The smallest absolute Gasteiger partial charge is 0.183 e. The lowest BCUT2D eigenvalue weighted by atomic mass is 10.0. The number of anilines is 1. The number of hydrogen-bond acceptors (Lipinski definition) is 5. The Morgan fingerprint density at radius 1 is 1.26 bits per heavy atom. The van der Waals surface area contributed by atoms with E-state index in [0.29, 0.717) is 22.8 Å². The summed E-state index contributed by atoms with van der Waals surface area (Å²) in [6.45, 7) is 3.63. The van der Waals surface area contributed by atoms with Gasteiger partial charge in [-0.25, -0.2) is 9.51 Å². The van der Waals surface area contributed by atoms with Crippen LogP contribution in [0.25, 0.3) is 5.52 Å². The third-order valence-electron chi connectivity index (χ3n) is 4.37. The van der Waals surface area contributed by atoms with Gasteiger partial charge in [-0.05, 0) is 30.7 Å². The summed E-state index contributed by atoms with van der Waals surface area (Å²) >= 11 is 0. The molecule has 0 bridgehead atoms. The molecule has 0 unspecified atom stereocenters. The van der Waals surface area contributed by atoms with E-state index in [9.17, 15) is 4.79 Å². The number of nitrogens with one attached hydrogen (secondary N) is 1. The standard InChI is InChI=1S/C20H26N6O/c1-14-12-16(15(21)13-18(14)27)23-19-17-8-5-6-10-25(17)24-20(19)22-9-7-11-26(2,3)4/h5-6,8,10,12-13H,7,9,11H2,1-4H3,(H2-,21,22,24,27)/p+1/b23-16+. The van der Waals surface area contributed by atoms with Crippen LogP contribution in [-0.2, 0) is 4.79 Å². The van der Waals surface area contributed by atoms with Crippen molar-refractivity contribution in [1.29, 1.82) is 0 Å². The van der Waals surface area contributed by atoms with Crippen LogP contribution in [0.2, 0.25) is 0 Å². The number of pyridine rings is 1. The minimum atomic E-state index is -0.0787. The maximum atomic E-state index is 11.8. The monoisotopic (exact) mass is 367 g/mol. The predicted molar refractivity (Wildman–Crippen MR) is 109 cm³/mol. The summed E-state index contributed by atoms with van der Waals surface area (Å²) in [6, 6.07) is 5.84. The second-order valence-electron chi connectivity index (χ2n) is 7.81. The molecule has 0 saturated heterocycles. The number of hydrogen-bond donors (Lipinski definition) is 2. The third-order valence-corrected chi connectivity index (χ3v) is 4.37. The molecule has 3 N–H and O–H groups in total. The van der Waals surface area contributed by atoms with Crippen LogP contribution in [0, 0.1) is 0 Å². The molecule has 27 heavy (non-hydrogen) atoms. The van der Waals surface area contributed by atoms with Crippen molar-refractivity contribution in [3.63, 3.8) is 0 Å². The Balaban J connectivity index is 1.93. The molecule has 142 valence electrons. The summed E-state index contributed by atoms with van der Waals surface area (Å²) in [7, 11) is 6.53.